The van der Waals surface area contributed by atoms with E-state index in [1.54, 1.807) is 0 Å². The minimum atomic E-state index is -4.72. The number of ether oxygens (including phenoxy) is 2. The molecule has 0 fully saturated rings. The Hall–Kier alpha value is -1.25. The van der Waals surface area contributed by atoms with E-state index in [9.17, 15) is 23.1 Å². The number of rotatable bonds is 9. The quantitative estimate of drug-likeness (QED) is 0.626. The summed E-state index contributed by atoms with van der Waals surface area (Å²) in [6.45, 7) is 8.02. The van der Waals surface area contributed by atoms with Gasteiger partial charge in [0.2, 0.25) is 0 Å². The molecule has 0 saturated heterocycles. The normalized spacial score (nSPS) is 14.3. The molecule has 0 saturated carbocycles. The van der Waals surface area contributed by atoms with Crippen molar-refractivity contribution in [1.29, 1.82) is 0 Å². The van der Waals surface area contributed by atoms with Gasteiger partial charge in [-0.3, -0.25) is 0 Å². The average Bonchev–Trinajstić information content (AvgIpc) is 2.46. The van der Waals surface area contributed by atoms with Crippen LogP contribution in [0.2, 0.25) is 18.1 Å². The molecule has 8 heteroatoms. The van der Waals surface area contributed by atoms with Gasteiger partial charge in [0.1, 0.15) is 11.5 Å². The highest BCUT2D eigenvalue weighted by Crippen LogP contribution is 2.40. The second kappa shape index (κ2) is 8.42. The maximum Gasteiger partial charge on any atom is 0.573 e. The van der Waals surface area contributed by atoms with Crippen LogP contribution in [-0.4, -0.2) is 37.8 Å². The van der Waals surface area contributed by atoms with Crippen molar-refractivity contribution in [3.63, 3.8) is 0 Å². The van der Waals surface area contributed by atoms with Crippen molar-refractivity contribution >= 4 is 8.32 Å². The fraction of sp³-hybridized carbons (Fsp3) is 0.647. The van der Waals surface area contributed by atoms with Gasteiger partial charge in [0.15, 0.2) is 8.32 Å². The molecule has 1 rings (SSSR count). The summed E-state index contributed by atoms with van der Waals surface area (Å²) in [6.07, 6.45) is -3.27. The molecule has 0 spiro atoms. The smallest absolute Gasteiger partial charge is 0.493 e. The van der Waals surface area contributed by atoms with Crippen molar-refractivity contribution in [3.8, 4) is 11.5 Å². The average molecular weight is 380 g/mol. The van der Waals surface area contributed by atoms with Gasteiger partial charge in [-0.15, -0.1) is 13.2 Å². The molecule has 0 amide bonds. The van der Waals surface area contributed by atoms with E-state index >= 15 is 0 Å². The zero-order valence-electron chi connectivity index (χ0n) is 15.1. The van der Waals surface area contributed by atoms with Crippen molar-refractivity contribution in [2.45, 2.75) is 51.2 Å². The van der Waals surface area contributed by atoms with Crippen LogP contribution in [0, 0.1) is 5.92 Å². The topological polar surface area (TPSA) is 58.9 Å². The van der Waals surface area contributed by atoms with Gasteiger partial charge in [0.25, 0.3) is 0 Å². The maximum absolute atomic E-state index is 12.1. The highest BCUT2D eigenvalue weighted by Gasteiger charge is 2.38. The first-order valence-electron chi connectivity index (χ1n) is 8.16. The van der Waals surface area contributed by atoms with Gasteiger partial charge >= 0.3 is 6.36 Å². The number of benzene rings is 1. The fourth-order valence-electron chi connectivity index (χ4n) is 2.05. The van der Waals surface area contributed by atoms with Gasteiger partial charge in [0.05, 0.1) is 6.61 Å². The minimum Gasteiger partial charge on any atom is -0.493 e. The number of alkyl halides is 3. The van der Waals surface area contributed by atoms with Gasteiger partial charge in [0, 0.05) is 12.5 Å². The molecule has 0 aliphatic heterocycles. The Bertz CT molecular complexity index is 524. The molecule has 4 nitrogen and oxygen atoms in total. The molecule has 144 valence electrons. The third-order valence-electron chi connectivity index (χ3n) is 4.64. The summed E-state index contributed by atoms with van der Waals surface area (Å²) in [5, 5.41) is 9.32. The summed E-state index contributed by atoms with van der Waals surface area (Å²) in [4.78, 5) is 10.3. The fourth-order valence-corrected chi connectivity index (χ4v) is 2.81. The lowest BCUT2D eigenvalue weighted by molar-refractivity contribution is -0.274. The first kappa shape index (κ1) is 21.8. The summed E-state index contributed by atoms with van der Waals surface area (Å²) in [5.74, 6) is -0.0127. The Morgan fingerprint density at radius 1 is 1.08 bits per heavy atom. The van der Waals surface area contributed by atoms with E-state index in [1.165, 1.54) is 24.3 Å². The number of hydrogen-bond donors (Lipinski definition) is 2. The number of hydrogen-bond acceptors (Lipinski definition) is 4. The first-order chi connectivity index (χ1) is 11.3. The second-order valence-electron chi connectivity index (χ2n) is 7.36. The molecule has 0 aliphatic carbocycles. The number of halogens is 3. The van der Waals surface area contributed by atoms with Crippen LogP contribution in [-0.2, 0) is 0 Å². The lowest BCUT2D eigenvalue weighted by Crippen LogP contribution is -2.39. The van der Waals surface area contributed by atoms with E-state index in [4.69, 9.17) is 4.74 Å². The Morgan fingerprint density at radius 2 is 1.60 bits per heavy atom. The number of aliphatic hydroxyl groups is 1. The van der Waals surface area contributed by atoms with Crippen LogP contribution in [0.25, 0.3) is 0 Å². The first-order valence-corrected chi connectivity index (χ1v) is 11.1. The van der Waals surface area contributed by atoms with Gasteiger partial charge < -0.3 is 19.4 Å². The third-order valence-corrected chi connectivity index (χ3v) is 8.20. The monoisotopic (exact) mass is 380 g/mol. The van der Waals surface area contributed by atoms with Crippen LogP contribution in [0.1, 0.15) is 26.7 Å². The summed E-state index contributed by atoms with van der Waals surface area (Å²) >= 11 is 0. The molecule has 0 aliphatic rings. The SMILES string of the molecule is CC(C)(CCC(CO)COc1ccc(OC(F)(F)F)cc1)[Si](C)(C)O. The molecule has 0 aromatic heterocycles. The van der Waals surface area contributed by atoms with Crippen LogP contribution < -0.4 is 9.47 Å². The summed E-state index contributed by atoms with van der Waals surface area (Å²) in [6, 6.07) is 5.14. The van der Waals surface area contributed by atoms with Crippen LogP contribution in [0.5, 0.6) is 11.5 Å². The second-order valence-corrected chi connectivity index (χ2v) is 11.8. The lowest BCUT2D eigenvalue weighted by atomic mass is 9.98. The van der Waals surface area contributed by atoms with E-state index in [2.05, 4.69) is 4.74 Å². The molecule has 25 heavy (non-hydrogen) atoms. The lowest BCUT2D eigenvalue weighted by Gasteiger charge is -2.36. The molecule has 1 aromatic carbocycles. The number of aliphatic hydroxyl groups excluding tert-OH is 1. The predicted octanol–water partition coefficient (Wildman–Crippen LogP) is 4.33. The van der Waals surface area contributed by atoms with Crippen LogP contribution >= 0.6 is 0 Å². The van der Waals surface area contributed by atoms with Crippen molar-refractivity contribution in [3.05, 3.63) is 24.3 Å². The van der Waals surface area contributed by atoms with E-state index in [0.29, 0.717) is 12.2 Å². The van der Waals surface area contributed by atoms with Crippen LogP contribution in [0.15, 0.2) is 24.3 Å². The molecule has 1 atom stereocenters. The third kappa shape index (κ3) is 7.66. The maximum atomic E-state index is 12.1. The zero-order valence-corrected chi connectivity index (χ0v) is 16.1. The van der Waals surface area contributed by atoms with Crippen molar-refractivity contribution in [2.24, 2.45) is 5.92 Å². The van der Waals surface area contributed by atoms with Gasteiger partial charge in [-0.1, -0.05) is 13.8 Å². The van der Waals surface area contributed by atoms with Gasteiger partial charge in [-0.05, 0) is 55.2 Å². The molecule has 1 aromatic rings. The summed E-state index contributed by atoms with van der Waals surface area (Å²) in [5.41, 5.74) is 0. The Balaban J connectivity index is 2.52. The Labute approximate surface area is 147 Å². The molecule has 0 radical (unpaired) electrons. The predicted molar refractivity (Wildman–Crippen MR) is 92.2 cm³/mol. The largest absolute Gasteiger partial charge is 0.573 e. The standard InChI is InChI=1S/C17H27F3O4Si/c1-16(2,25(3,4)22)10-9-13(11-21)12-23-14-5-7-15(8-6-14)24-17(18,19)20/h5-8,13,21-22H,9-12H2,1-4H3. The van der Waals surface area contributed by atoms with Gasteiger partial charge in [-0.25, -0.2) is 0 Å². The van der Waals surface area contributed by atoms with E-state index in [1.807, 2.05) is 26.9 Å². The Morgan fingerprint density at radius 3 is 2.04 bits per heavy atom. The van der Waals surface area contributed by atoms with E-state index in [-0.39, 0.29) is 29.9 Å². The van der Waals surface area contributed by atoms with Gasteiger partial charge in [-0.2, -0.15) is 0 Å². The highest BCUT2D eigenvalue weighted by atomic mass is 28.4. The van der Waals surface area contributed by atoms with Crippen LogP contribution in [0.4, 0.5) is 13.2 Å². The minimum absolute atomic E-state index is 0.0568. The van der Waals surface area contributed by atoms with Crippen molar-refractivity contribution in [2.75, 3.05) is 13.2 Å². The molecule has 2 N–H and O–H groups in total. The summed E-state index contributed by atoms with van der Waals surface area (Å²) < 4.78 is 45.7. The van der Waals surface area contributed by atoms with Crippen molar-refractivity contribution in [1.82, 2.24) is 0 Å². The molecular weight excluding hydrogens is 353 g/mol. The Kier molecular flexibility index (Phi) is 7.34. The van der Waals surface area contributed by atoms with E-state index in [0.717, 1.165) is 6.42 Å². The van der Waals surface area contributed by atoms with Crippen molar-refractivity contribution < 1.29 is 32.5 Å². The zero-order chi connectivity index (χ0) is 19.3. The molecule has 0 bridgehead atoms. The van der Waals surface area contributed by atoms with Crippen LogP contribution in [0.3, 0.4) is 0 Å². The molecule has 0 heterocycles. The van der Waals surface area contributed by atoms with E-state index < -0.39 is 14.7 Å². The molecule has 1 unspecified atom stereocenters. The molecular formula is C17H27F3O4Si. The highest BCUT2D eigenvalue weighted by molar-refractivity contribution is 6.72. The summed E-state index contributed by atoms with van der Waals surface area (Å²) in [7, 11) is -2.31.